The van der Waals surface area contributed by atoms with Gasteiger partial charge in [0.1, 0.15) is 5.82 Å². The highest BCUT2D eigenvalue weighted by Gasteiger charge is 2.13. The molecule has 0 radical (unpaired) electrons. The molecular formula is C14H21N3O. The third kappa shape index (κ3) is 4.11. The molecular weight excluding hydrogens is 226 g/mol. The highest BCUT2D eigenvalue weighted by Crippen LogP contribution is 2.18. The largest absolute Gasteiger partial charge is 0.317 e. The zero-order valence-corrected chi connectivity index (χ0v) is 10.9. The molecule has 0 aliphatic carbocycles. The van der Waals surface area contributed by atoms with Gasteiger partial charge in [-0.25, -0.2) is 4.98 Å². The monoisotopic (exact) mass is 247 g/mol. The van der Waals surface area contributed by atoms with E-state index < -0.39 is 0 Å². The number of hydrogen-bond acceptors (Lipinski definition) is 3. The number of rotatable bonds is 4. The molecule has 4 nitrogen and oxygen atoms in total. The summed E-state index contributed by atoms with van der Waals surface area (Å²) in [6, 6.07) is 5.82. The Bertz CT molecular complexity index is 400. The average molecular weight is 247 g/mol. The van der Waals surface area contributed by atoms with E-state index in [1.807, 2.05) is 18.2 Å². The van der Waals surface area contributed by atoms with E-state index in [0.29, 0.717) is 5.82 Å². The first-order valence-corrected chi connectivity index (χ1v) is 6.68. The van der Waals surface area contributed by atoms with Gasteiger partial charge in [0.15, 0.2) is 0 Å². The lowest BCUT2D eigenvalue weighted by Gasteiger charge is -2.22. The van der Waals surface area contributed by atoms with Crippen LogP contribution in [0.25, 0.3) is 0 Å². The van der Waals surface area contributed by atoms with Gasteiger partial charge >= 0.3 is 0 Å². The van der Waals surface area contributed by atoms with Crippen LogP contribution in [0.1, 0.15) is 31.9 Å². The van der Waals surface area contributed by atoms with Gasteiger partial charge in [0.2, 0.25) is 5.91 Å². The topological polar surface area (TPSA) is 54.0 Å². The van der Waals surface area contributed by atoms with E-state index in [2.05, 4.69) is 15.6 Å². The number of nitrogens with one attached hydrogen (secondary N) is 2. The van der Waals surface area contributed by atoms with Crippen molar-refractivity contribution in [2.75, 3.05) is 18.4 Å². The minimum Gasteiger partial charge on any atom is -0.317 e. The van der Waals surface area contributed by atoms with E-state index in [1.165, 1.54) is 26.2 Å². The minimum absolute atomic E-state index is 0.0713. The Morgan fingerprint density at radius 1 is 1.44 bits per heavy atom. The highest BCUT2D eigenvalue weighted by atomic mass is 16.1. The van der Waals surface area contributed by atoms with Crippen LogP contribution in [0.15, 0.2) is 18.2 Å². The molecule has 1 fully saturated rings. The molecule has 0 unspecified atom stereocenters. The van der Waals surface area contributed by atoms with Crippen molar-refractivity contribution in [3.8, 4) is 0 Å². The van der Waals surface area contributed by atoms with Crippen LogP contribution in [0.5, 0.6) is 0 Å². The van der Waals surface area contributed by atoms with Crippen LogP contribution in [0.3, 0.4) is 0 Å². The summed E-state index contributed by atoms with van der Waals surface area (Å²) < 4.78 is 0. The van der Waals surface area contributed by atoms with Crippen molar-refractivity contribution in [3.63, 3.8) is 0 Å². The van der Waals surface area contributed by atoms with Crippen molar-refractivity contribution in [1.82, 2.24) is 10.3 Å². The molecule has 1 amide bonds. The van der Waals surface area contributed by atoms with E-state index in [4.69, 9.17) is 0 Å². The maximum Gasteiger partial charge on any atom is 0.222 e. The lowest BCUT2D eigenvalue weighted by atomic mass is 9.92. The molecule has 18 heavy (non-hydrogen) atoms. The lowest BCUT2D eigenvalue weighted by molar-refractivity contribution is -0.114. The zero-order chi connectivity index (χ0) is 12.8. The van der Waals surface area contributed by atoms with Crippen LogP contribution in [-0.4, -0.2) is 24.0 Å². The molecule has 1 aliphatic heterocycles. The van der Waals surface area contributed by atoms with Gasteiger partial charge in [-0.1, -0.05) is 6.07 Å². The number of anilines is 1. The Hall–Kier alpha value is -1.42. The molecule has 1 aromatic rings. The summed E-state index contributed by atoms with van der Waals surface area (Å²) in [5.41, 5.74) is 1.07. The van der Waals surface area contributed by atoms with Gasteiger partial charge in [0.05, 0.1) is 0 Å². The molecule has 2 N–H and O–H groups in total. The maximum atomic E-state index is 11.0. The number of piperidine rings is 1. The van der Waals surface area contributed by atoms with Crippen LogP contribution in [0.4, 0.5) is 5.82 Å². The number of nitrogens with zero attached hydrogens (tertiary/aromatic N) is 1. The van der Waals surface area contributed by atoms with E-state index in [-0.39, 0.29) is 5.91 Å². The molecule has 0 saturated carbocycles. The number of aryl methyl sites for hydroxylation is 1. The average Bonchev–Trinajstić information content (AvgIpc) is 2.37. The van der Waals surface area contributed by atoms with Crippen LogP contribution in [-0.2, 0) is 11.2 Å². The van der Waals surface area contributed by atoms with Crippen LogP contribution in [0.2, 0.25) is 0 Å². The van der Waals surface area contributed by atoms with E-state index >= 15 is 0 Å². The third-order valence-corrected chi connectivity index (χ3v) is 3.38. The first-order chi connectivity index (χ1) is 8.74. The molecule has 1 saturated heterocycles. The standard InChI is InChI=1S/C14H21N3O/c1-11(18)16-14-4-2-3-13(17-14)6-5-12-7-9-15-10-8-12/h2-4,12,15H,5-10H2,1H3,(H,16,17,18). The van der Waals surface area contributed by atoms with Crippen molar-refractivity contribution in [3.05, 3.63) is 23.9 Å². The van der Waals surface area contributed by atoms with Gasteiger partial charge in [-0.15, -0.1) is 0 Å². The van der Waals surface area contributed by atoms with Crippen molar-refractivity contribution in [2.24, 2.45) is 5.92 Å². The molecule has 2 heterocycles. The zero-order valence-electron chi connectivity index (χ0n) is 10.9. The van der Waals surface area contributed by atoms with Crippen LogP contribution >= 0.6 is 0 Å². The first-order valence-electron chi connectivity index (χ1n) is 6.68. The fourth-order valence-corrected chi connectivity index (χ4v) is 2.39. The summed E-state index contributed by atoms with van der Waals surface area (Å²) in [6.07, 6.45) is 4.73. The normalized spacial score (nSPS) is 16.5. The predicted molar refractivity (Wildman–Crippen MR) is 72.5 cm³/mol. The third-order valence-electron chi connectivity index (χ3n) is 3.38. The lowest BCUT2D eigenvalue weighted by Crippen LogP contribution is -2.27. The van der Waals surface area contributed by atoms with Gasteiger partial charge in [-0.05, 0) is 56.8 Å². The predicted octanol–water partition coefficient (Wildman–Crippen LogP) is 1.97. The molecule has 0 bridgehead atoms. The minimum atomic E-state index is -0.0713. The fraction of sp³-hybridized carbons (Fsp3) is 0.571. The maximum absolute atomic E-state index is 11.0. The summed E-state index contributed by atoms with van der Waals surface area (Å²) >= 11 is 0. The number of aromatic nitrogens is 1. The first kappa shape index (κ1) is 13.0. The second kappa shape index (κ2) is 6.50. The van der Waals surface area contributed by atoms with Crippen molar-refractivity contribution in [2.45, 2.75) is 32.6 Å². The molecule has 1 aliphatic rings. The van der Waals surface area contributed by atoms with Gasteiger partial charge in [0.25, 0.3) is 0 Å². The van der Waals surface area contributed by atoms with Gasteiger partial charge in [-0.2, -0.15) is 0 Å². The Morgan fingerprint density at radius 3 is 2.94 bits per heavy atom. The molecule has 0 aromatic carbocycles. The quantitative estimate of drug-likeness (QED) is 0.855. The number of hydrogen-bond donors (Lipinski definition) is 2. The summed E-state index contributed by atoms with van der Waals surface area (Å²) in [7, 11) is 0. The number of carbonyl (C=O) groups is 1. The molecule has 98 valence electrons. The van der Waals surface area contributed by atoms with Gasteiger partial charge in [-0.3, -0.25) is 4.79 Å². The Labute approximate surface area is 108 Å². The van der Waals surface area contributed by atoms with Crippen molar-refractivity contribution < 1.29 is 4.79 Å². The molecule has 2 rings (SSSR count). The molecule has 1 aromatic heterocycles. The van der Waals surface area contributed by atoms with E-state index in [9.17, 15) is 4.79 Å². The number of pyridine rings is 1. The summed E-state index contributed by atoms with van der Waals surface area (Å²) in [5, 5.41) is 6.10. The summed E-state index contributed by atoms with van der Waals surface area (Å²) in [5.74, 6) is 1.40. The fourth-order valence-electron chi connectivity index (χ4n) is 2.39. The number of amides is 1. The molecule has 0 spiro atoms. The van der Waals surface area contributed by atoms with Crippen LogP contribution in [0, 0.1) is 5.92 Å². The second-order valence-corrected chi connectivity index (χ2v) is 4.93. The van der Waals surface area contributed by atoms with E-state index in [1.54, 1.807) is 0 Å². The highest BCUT2D eigenvalue weighted by molar-refractivity contribution is 5.87. The van der Waals surface area contributed by atoms with Crippen LogP contribution < -0.4 is 10.6 Å². The SMILES string of the molecule is CC(=O)Nc1cccc(CCC2CCNCC2)n1. The summed E-state index contributed by atoms with van der Waals surface area (Å²) in [4.78, 5) is 15.4. The molecule has 4 heteroatoms. The van der Waals surface area contributed by atoms with Gasteiger partial charge < -0.3 is 10.6 Å². The van der Waals surface area contributed by atoms with E-state index in [0.717, 1.165) is 31.1 Å². The summed E-state index contributed by atoms with van der Waals surface area (Å²) in [6.45, 7) is 3.79. The Balaban J connectivity index is 1.86. The smallest absolute Gasteiger partial charge is 0.222 e. The second-order valence-electron chi connectivity index (χ2n) is 4.93. The number of carbonyl (C=O) groups excluding carboxylic acids is 1. The van der Waals surface area contributed by atoms with Crippen molar-refractivity contribution in [1.29, 1.82) is 0 Å². The Kier molecular flexibility index (Phi) is 4.70. The molecule has 0 atom stereocenters. The van der Waals surface area contributed by atoms with Crippen molar-refractivity contribution >= 4 is 11.7 Å². The van der Waals surface area contributed by atoms with Gasteiger partial charge in [0, 0.05) is 12.6 Å². The Morgan fingerprint density at radius 2 is 2.22 bits per heavy atom.